The van der Waals surface area contributed by atoms with Crippen LogP contribution in [0.3, 0.4) is 0 Å². The second kappa shape index (κ2) is 5.95. The van der Waals surface area contributed by atoms with Crippen LogP contribution in [0.2, 0.25) is 10.0 Å². The third kappa shape index (κ3) is 3.63. The van der Waals surface area contributed by atoms with Gasteiger partial charge in [0, 0.05) is 11.1 Å². The van der Waals surface area contributed by atoms with E-state index in [1.807, 2.05) is 0 Å². The lowest BCUT2D eigenvalue weighted by molar-refractivity contribution is -0.255. The SMILES string of the molecule is O=C([O-])c1ccc(COc2cc(Cl)ccc2Cl)cc1. The van der Waals surface area contributed by atoms with Gasteiger partial charge in [-0.2, -0.15) is 0 Å². The number of hydrogen-bond acceptors (Lipinski definition) is 3. The number of carboxylic acid groups (broad SMARTS) is 1. The molecule has 0 saturated carbocycles. The minimum absolute atomic E-state index is 0.129. The van der Waals surface area contributed by atoms with E-state index in [0.29, 0.717) is 15.8 Å². The van der Waals surface area contributed by atoms with Crippen molar-refractivity contribution in [1.29, 1.82) is 0 Å². The summed E-state index contributed by atoms with van der Waals surface area (Å²) in [7, 11) is 0. The van der Waals surface area contributed by atoms with Crippen LogP contribution in [0.15, 0.2) is 42.5 Å². The Morgan fingerprint density at radius 3 is 2.42 bits per heavy atom. The highest BCUT2D eigenvalue weighted by Crippen LogP contribution is 2.28. The van der Waals surface area contributed by atoms with Gasteiger partial charge in [0.1, 0.15) is 12.4 Å². The number of rotatable bonds is 4. The zero-order chi connectivity index (χ0) is 13.8. The molecule has 2 rings (SSSR count). The second-order valence-electron chi connectivity index (χ2n) is 3.85. The van der Waals surface area contributed by atoms with Gasteiger partial charge in [-0.05, 0) is 23.3 Å². The molecule has 0 aliphatic rings. The van der Waals surface area contributed by atoms with Gasteiger partial charge in [-0.1, -0.05) is 47.5 Å². The highest BCUT2D eigenvalue weighted by Gasteiger charge is 2.03. The number of hydrogen-bond donors (Lipinski definition) is 0. The maximum atomic E-state index is 10.6. The van der Waals surface area contributed by atoms with E-state index >= 15 is 0 Å². The van der Waals surface area contributed by atoms with Crippen LogP contribution in [0, 0.1) is 0 Å². The lowest BCUT2D eigenvalue weighted by atomic mass is 10.1. The van der Waals surface area contributed by atoms with Crippen molar-refractivity contribution in [3.63, 3.8) is 0 Å². The average molecular weight is 296 g/mol. The Balaban J connectivity index is 2.06. The second-order valence-corrected chi connectivity index (χ2v) is 4.69. The van der Waals surface area contributed by atoms with Crippen molar-refractivity contribution in [2.75, 3.05) is 0 Å². The van der Waals surface area contributed by atoms with Gasteiger partial charge in [-0.15, -0.1) is 0 Å². The van der Waals surface area contributed by atoms with Crippen molar-refractivity contribution >= 4 is 29.2 Å². The standard InChI is InChI=1S/C14H10Cl2O3/c15-11-5-6-12(16)13(7-11)19-8-9-1-3-10(4-2-9)14(17)18/h1-7H,8H2,(H,17,18)/p-1. The molecule has 19 heavy (non-hydrogen) atoms. The summed E-state index contributed by atoms with van der Waals surface area (Å²) in [6.45, 7) is 0.271. The van der Waals surface area contributed by atoms with E-state index in [9.17, 15) is 9.90 Å². The Morgan fingerprint density at radius 1 is 1.11 bits per heavy atom. The van der Waals surface area contributed by atoms with Crippen molar-refractivity contribution in [2.45, 2.75) is 6.61 Å². The lowest BCUT2D eigenvalue weighted by Gasteiger charge is -2.09. The molecular weight excluding hydrogens is 287 g/mol. The monoisotopic (exact) mass is 295 g/mol. The molecule has 0 aromatic heterocycles. The van der Waals surface area contributed by atoms with Crippen LogP contribution in [0.5, 0.6) is 5.75 Å². The zero-order valence-corrected chi connectivity index (χ0v) is 11.2. The topological polar surface area (TPSA) is 49.4 Å². The first-order chi connectivity index (χ1) is 9.06. The molecular formula is C14H9Cl2O3-. The third-order valence-electron chi connectivity index (χ3n) is 2.48. The molecule has 0 unspecified atom stereocenters. The van der Waals surface area contributed by atoms with E-state index in [1.54, 1.807) is 30.3 Å². The largest absolute Gasteiger partial charge is 0.545 e. The first-order valence-corrected chi connectivity index (χ1v) is 6.20. The molecule has 0 fully saturated rings. The number of benzene rings is 2. The highest BCUT2D eigenvalue weighted by molar-refractivity contribution is 6.34. The molecule has 0 N–H and O–H groups in total. The third-order valence-corrected chi connectivity index (χ3v) is 3.02. The molecule has 0 saturated heterocycles. The number of carbonyl (C=O) groups excluding carboxylic acids is 1. The normalized spacial score (nSPS) is 10.2. The molecule has 0 bridgehead atoms. The zero-order valence-electron chi connectivity index (χ0n) is 9.73. The summed E-state index contributed by atoms with van der Waals surface area (Å²) in [6, 6.07) is 11.2. The van der Waals surface area contributed by atoms with Gasteiger partial charge in [0.05, 0.1) is 11.0 Å². The maximum absolute atomic E-state index is 10.6. The number of halogens is 2. The van der Waals surface area contributed by atoms with Gasteiger partial charge >= 0.3 is 0 Å². The van der Waals surface area contributed by atoms with E-state index in [-0.39, 0.29) is 12.2 Å². The Bertz CT molecular complexity index is 594. The molecule has 2 aromatic carbocycles. The number of carbonyl (C=O) groups is 1. The predicted octanol–water partition coefficient (Wildman–Crippen LogP) is 2.94. The fourth-order valence-electron chi connectivity index (χ4n) is 1.49. The van der Waals surface area contributed by atoms with Crippen molar-refractivity contribution in [3.8, 4) is 5.75 Å². The molecule has 0 radical (unpaired) electrons. The van der Waals surface area contributed by atoms with E-state index < -0.39 is 5.97 Å². The van der Waals surface area contributed by atoms with Gasteiger partial charge in [0.25, 0.3) is 0 Å². The van der Waals surface area contributed by atoms with Crippen LogP contribution >= 0.6 is 23.2 Å². The van der Waals surface area contributed by atoms with Crippen LogP contribution in [0.1, 0.15) is 15.9 Å². The summed E-state index contributed by atoms with van der Waals surface area (Å²) >= 11 is 11.8. The van der Waals surface area contributed by atoms with Crippen molar-refractivity contribution in [3.05, 3.63) is 63.6 Å². The fourth-order valence-corrected chi connectivity index (χ4v) is 1.82. The first kappa shape index (κ1) is 13.7. The van der Waals surface area contributed by atoms with Crippen LogP contribution in [-0.2, 0) is 6.61 Å². The van der Waals surface area contributed by atoms with E-state index in [1.165, 1.54) is 12.1 Å². The van der Waals surface area contributed by atoms with Gasteiger partial charge in [0.2, 0.25) is 0 Å². The summed E-state index contributed by atoms with van der Waals surface area (Å²) in [4.78, 5) is 10.6. The first-order valence-electron chi connectivity index (χ1n) is 5.44. The Morgan fingerprint density at radius 2 is 1.79 bits per heavy atom. The fraction of sp³-hybridized carbons (Fsp3) is 0.0714. The van der Waals surface area contributed by atoms with Gasteiger partial charge in [0.15, 0.2) is 0 Å². The van der Waals surface area contributed by atoms with E-state index in [4.69, 9.17) is 27.9 Å². The van der Waals surface area contributed by atoms with E-state index in [2.05, 4.69) is 0 Å². The molecule has 2 aromatic rings. The summed E-state index contributed by atoms with van der Waals surface area (Å²) in [5.41, 5.74) is 0.950. The maximum Gasteiger partial charge on any atom is 0.139 e. The van der Waals surface area contributed by atoms with Crippen LogP contribution in [0.4, 0.5) is 0 Å². The van der Waals surface area contributed by atoms with Crippen molar-refractivity contribution in [1.82, 2.24) is 0 Å². The number of carboxylic acids is 1. The molecule has 0 spiro atoms. The molecule has 0 amide bonds. The molecule has 3 nitrogen and oxygen atoms in total. The minimum atomic E-state index is -1.20. The summed E-state index contributed by atoms with van der Waals surface area (Å²) in [5.74, 6) is -0.719. The predicted molar refractivity (Wildman–Crippen MR) is 71.6 cm³/mol. The molecule has 98 valence electrons. The molecule has 0 heterocycles. The summed E-state index contributed by atoms with van der Waals surface area (Å²) in [6.07, 6.45) is 0. The molecule has 0 aliphatic heterocycles. The molecule has 5 heteroatoms. The van der Waals surface area contributed by atoms with Crippen molar-refractivity contribution < 1.29 is 14.6 Å². The number of aromatic carboxylic acids is 1. The quantitative estimate of drug-likeness (QED) is 0.871. The highest BCUT2D eigenvalue weighted by atomic mass is 35.5. The Hall–Kier alpha value is -1.71. The van der Waals surface area contributed by atoms with Gasteiger partial charge in [-0.25, -0.2) is 0 Å². The van der Waals surface area contributed by atoms with Crippen molar-refractivity contribution in [2.24, 2.45) is 0 Å². The average Bonchev–Trinajstić information content (AvgIpc) is 2.40. The smallest absolute Gasteiger partial charge is 0.139 e. The minimum Gasteiger partial charge on any atom is -0.545 e. The molecule has 0 aliphatic carbocycles. The molecule has 0 atom stereocenters. The number of ether oxygens (including phenoxy) is 1. The lowest BCUT2D eigenvalue weighted by Crippen LogP contribution is -2.22. The van der Waals surface area contributed by atoms with Crippen LogP contribution < -0.4 is 9.84 Å². The summed E-state index contributed by atoms with van der Waals surface area (Å²) in [5, 5.41) is 11.6. The van der Waals surface area contributed by atoms with E-state index in [0.717, 1.165) is 5.56 Å². The van der Waals surface area contributed by atoms with Crippen LogP contribution in [-0.4, -0.2) is 5.97 Å². The van der Waals surface area contributed by atoms with Gasteiger partial charge < -0.3 is 14.6 Å². The van der Waals surface area contributed by atoms with Gasteiger partial charge in [-0.3, -0.25) is 0 Å². The summed E-state index contributed by atoms with van der Waals surface area (Å²) < 4.78 is 5.52. The Labute approximate surface area is 120 Å². The van der Waals surface area contributed by atoms with Crippen LogP contribution in [0.25, 0.3) is 0 Å². The Kier molecular flexibility index (Phi) is 4.30.